The number of aryl methyl sites for hydroxylation is 1. The van der Waals surface area contributed by atoms with Crippen LogP contribution in [0.2, 0.25) is 0 Å². The van der Waals surface area contributed by atoms with Gasteiger partial charge in [-0.15, -0.1) is 0 Å². The average Bonchev–Trinajstić information content (AvgIpc) is 3.05. The first-order chi connectivity index (χ1) is 13.5. The molecule has 0 saturated heterocycles. The maximum atomic E-state index is 6.12. The molecule has 0 unspecified atom stereocenters. The van der Waals surface area contributed by atoms with Crippen LogP contribution >= 0.6 is 22.6 Å². The molecule has 1 saturated carbocycles. The number of anilines is 3. The van der Waals surface area contributed by atoms with Gasteiger partial charge in [0.15, 0.2) is 17.0 Å². The molecule has 1 aliphatic carbocycles. The zero-order chi connectivity index (χ0) is 19.7. The van der Waals surface area contributed by atoms with Gasteiger partial charge in [-0.1, -0.05) is 0 Å². The third-order valence-electron chi connectivity index (χ3n) is 5.22. The van der Waals surface area contributed by atoms with Crippen LogP contribution in [0.1, 0.15) is 31.2 Å². The Labute approximate surface area is 177 Å². The summed E-state index contributed by atoms with van der Waals surface area (Å²) >= 11 is 2.29. The Morgan fingerprint density at radius 2 is 2.00 bits per heavy atom. The highest BCUT2D eigenvalue weighted by molar-refractivity contribution is 14.1. The number of nitrogen functional groups attached to an aromatic ring is 1. The summed E-state index contributed by atoms with van der Waals surface area (Å²) in [5.41, 5.74) is 15.5. The molecule has 0 aliphatic heterocycles. The number of fused-ring (bicyclic) bond motifs is 1. The number of nitrogens with one attached hydrogen (secondary N) is 2. The quantitative estimate of drug-likeness (QED) is 0.320. The third-order valence-corrected chi connectivity index (χ3v) is 5.89. The molecule has 148 valence electrons. The SMILES string of the molecule is Cn1cnc2c(NCc3cc(I)ccc3N)nc(NC3CCC(N)CC3)nc21. The molecule has 1 fully saturated rings. The summed E-state index contributed by atoms with van der Waals surface area (Å²) in [7, 11) is 1.94. The minimum atomic E-state index is 0.315. The van der Waals surface area contributed by atoms with Crippen molar-refractivity contribution in [3.05, 3.63) is 33.7 Å². The second-order valence-corrected chi connectivity index (χ2v) is 8.62. The van der Waals surface area contributed by atoms with E-state index >= 15 is 0 Å². The molecule has 6 N–H and O–H groups in total. The fourth-order valence-electron chi connectivity index (χ4n) is 3.55. The normalized spacial score (nSPS) is 19.7. The molecule has 1 aliphatic rings. The van der Waals surface area contributed by atoms with Gasteiger partial charge in [0.1, 0.15) is 0 Å². The summed E-state index contributed by atoms with van der Waals surface area (Å²) in [6.07, 6.45) is 5.89. The number of imidazole rings is 1. The second kappa shape index (κ2) is 8.08. The Hall–Kier alpha value is -2.14. The van der Waals surface area contributed by atoms with E-state index in [1.54, 1.807) is 6.33 Å². The Kier molecular flexibility index (Phi) is 5.54. The summed E-state index contributed by atoms with van der Waals surface area (Å²) in [6, 6.07) is 6.67. The van der Waals surface area contributed by atoms with Crippen LogP contribution < -0.4 is 22.1 Å². The fraction of sp³-hybridized carbons (Fsp3) is 0.421. The Balaban J connectivity index is 1.58. The lowest BCUT2D eigenvalue weighted by Crippen LogP contribution is -2.33. The first-order valence-electron chi connectivity index (χ1n) is 9.48. The number of aromatic nitrogens is 4. The average molecular weight is 492 g/mol. The highest BCUT2D eigenvalue weighted by atomic mass is 127. The van der Waals surface area contributed by atoms with Crippen molar-refractivity contribution in [3.63, 3.8) is 0 Å². The van der Waals surface area contributed by atoms with Crippen LogP contribution in [0.15, 0.2) is 24.5 Å². The van der Waals surface area contributed by atoms with E-state index in [1.807, 2.05) is 23.7 Å². The smallest absolute Gasteiger partial charge is 0.227 e. The summed E-state index contributed by atoms with van der Waals surface area (Å²) in [5.74, 6) is 1.33. The molecule has 9 heteroatoms. The van der Waals surface area contributed by atoms with Crippen molar-refractivity contribution in [2.45, 2.75) is 44.3 Å². The van der Waals surface area contributed by atoms with Crippen molar-refractivity contribution in [1.29, 1.82) is 0 Å². The predicted octanol–water partition coefficient (Wildman–Crippen LogP) is 2.84. The molecule has 8 nitrogen and oxygen atoms in total. The van der Waals surface area contributed by atoms with Gasteiger partial charge in [-0.3, -0.25) is 0 Å². The minimum absolute atomic E-state index is 0.315. The van der Waals surface area contributed by atoms with Crippen LogP contribution in [0.5, 0.6) is 0 Å². The van der Waals surface area contributed by atoms with Crippen LogP contribution in [0, 0.1) is 3.57 Å². The number of nitrogens with zero attached hydrogens (tertiary/aromatic N) is 4. The van der Waals surface area contributed by atoms with Crippen LogP contribution in [0.4, 0.5) is 17.5 Å². The summed E-state index contributed by atoms with van der Waals surface area (Å²) < 4.78 is 3.05. The molecule has 1 aromatic carbocycles. The van der Waals surface area contributed by atoms with E-state index in [2.05, 4.69) is 49.3 Å². The van der Waals surface area contributed by atoms with Crippen molar-refractivity contribution in [2.75, 3.05) is 16.4 Å². The van der Waals surface area contributed by atoms with Crippen LogP contribution in [0.3, 0.4) is 0 Å². The molecule has 0 spiro atoms. The summed E-state index contributed by atoms with van der Waals surface area (Å²) in [5, 5.41) is 6.88. The van der Waals surface area contributed by atoms with Crippen molar-refractivity contribution in [1.82, 2.24) is 19.5 Å². The van der Waals surface area contributed by atoms with E-state index in [0.717, 1.165) is 51.7 Å². The molecule has 3 aromatic rings. The van der Waals surface area contributed by atoms with E-state index in [1.165, 1.54) is 0 Å². The van der Waals surface area contributed by atoms with Crippen molar-refractivity contribution < 1.29 is 0 Å². The van der Waals surface area contributed by atoms with E-state index in [9.17, 15) is 0 Å². The highest BCUT2D eigenvalue weighted by Gasteiger charge is 2.20. The van der Waals surface area contributed by atoms with Gasteiger partial charge in [0, 0.05) is 34.9 Å². The van der Waals surface area contributed by atoms with Crippen LogP contribution in [-0.4, -0.2) is 31.6 Å². The maximum absolute atomic E-state index is 6.12. The predicted molar refractivity (Wildman–Crippen MR) is 121 cm³/mol. The molecule has 28 heavy (non-hydrogen) atoms. The van der Waals surface area contributed by atoms with E-state index in [0.29, 0.717) is 30.4 Å². The summed E-state index contributed by atoms with van der Waals surface area (Å²) in [6.45, 7) is 0.573. The topological polar surface area (TPSA) is 120 Å². The van der Waals surface area contributed by atoms with Gasteiger partial charge in [-0.2, -0.15) is 9.97 Å². The maximum Gasteiger partial charge on any atom is 0.227 e. The van der Waals surface area contributed by atoms with E-state index in [4.69, 9.17) is 16.5 Å². The zero-order valence-electron chi connectivity index (χ0n) is 15.8. The van der Waals surface area contributed by atoms with Gasteiger partial charge in [0.05, 0.1) is 6.33 Å². The highest BCUT2D eigenvalue weighted by Crippen LogP contribution is 2.25. The molecular formula is C19H25IN8. The van der Waals surface area contributed by atoms with Gasteiger partial charge in [0.25, 0.3) is 0 Å². The Morgan fingerprint density at radius 3 is 2.79 bits per heavy atom. The number of benzene rings is 1. The first kappa shape index (κ1) is 19.2. The van der Waals surface area contributed by atoms with Gasteiger partial charge in [-0.25, -0.2) is 4.98 Å². The van der Waals surface area contributed by atoms with Gasteiger partial charge in [0.2, 0.25) is 5.95 Å². The Morgan fingerprint density at radius 1 is 1.21 bits per heavy atom. The summed E-state index contributed by atoms with van der Waals surface area (Å²) in [4.78, 5) is 13.9. The number of hydrogen-bond acceptors (Lipinski definition) is 7. The number of halogens is 1. The molecule has 2 heterocycles. The molecule has 0 amide bonds. The van der Waals surface area contributed by atoms with Gasteiger partial charge >= 0.3 is 0 Å². The lowest BCUT2D eigenvalue weighted by Gasteiger charge is -2.26. The van der Waals surface area contributed by atoms with Crippen LogP contribution in [0.25, 0.3) is 11.2 Å². The number of nitrogens with two attached hydrogens (primary N) is 2. The molecule has 0 radical (unpaired) electrons. The monoisotopic (exact) mass is 492 g/mol. The molecule has 0 bridgehead atoms. The second-order valence-electron chi connectivity index (χ2n) is 7.38. The van der Waals surface area contributed by atoms with Crippen molar-refractivity contribution >= 4 is 51.2 Å². The standard InChI is InChI=1S/C19H25IN8/c1-28-10-24-16-17(23-9-11-8-12(20)2-7-15(11)22)26-19(27-18(16)28)25-14-5-3-13(21)4-6-14/h2,7-8,10,13-14H,3-6,9,21-22H2,1H3,(H2,23,25,26,27). The molecule has 2 aromatic heterocycles. The van der Waals surface area contributed by atoms with E-state index < -0.39 is 0 Å². The number of rotatable bonds is 5. The molecule has 4 rings (SSSR count). The van der Waals surface area contributed by atoms with Gasteiger partial charge < -0.3 is 26.7 Å². The Bertz CT molecular complexity index is 977. The van der Waals surface area contributed by atoms with Crippen molar-refractivity contribution in [2.24, 2.45) is 12.8 Å². The molecular weight excluding hydrogens is 467 g/mol. The van der Waals surface area contributed by atoms with Crippen molar-refractivity contribution in [3.8, 4) is 0 Å². The van der Waals surface area contributed by atoms with Crippen LogP contribution in [-0.2, 0) is 13.6 Å². The lowest BCUT2D eigenvalue weighted by atomic mass is 9.92. The van der Waals surface area contributed by atoms with Gasteiger partial charge in [-0.05, 0) is 72.0 Å². The fourth-order valence-corrected chi connectivity index (χ4v) is 4.10. The lowest BCUT2D eigenvalue weighted by molar-refractivity contribution is 0.410. The number of hydrogen-bond donors (Lipinski definition) is 4. The third kappa shape index (κ3) is 4.14. The van der Waals surface area contributed by atoms with E-state index in [-0.39, 0.29) is 0 Å². The largest absolute Gasteiger partial charge is 0.398 e. The zero-order valence-corrected chi connectivity index (χ0v) is 18.0. The first-order valence-corrected chi connectivity index (χ1v) is 10.6. The minimum Gasteiger partial charge on any atom is -0.398 e. The molecule has 0 atom stereocenters.